The van der Waals surface area contributed by atoms with Crippen molar-refractivity contribution in [3.8, 4) is 0 Å². The van der Waals surface area contributed by atoms with Gasteiger partial charge in [0.05, 0.1) is 6.61 Å². The molecule has 1 unspecified atom stereocenters. The largest absolute Gasteiger partial charge is 0.394 e. The van der Waals surface area contributed by atoms with Crippen molar-refractivity contribution in [2.24, 2.45) is 0 Å². The van der Waals surface area contributed by atoms with Crippen LogP contribution in [0.4, 0.5) is 0 Å². The minimum Gasteiger partial charge on any atom is -0.394 e. The van der Waals surface area contributed by atoms with Crippen LogP contribution in [0.15, 0.2) is 0 Å². The molecule has 0 aliphatic heterocycles. The minimum absolute atomic E-state index is 0.0693. The third-order valence-corrected chi connectivity index (χ3v) is 2.07. The van der Waals surface area contributed by atoms with Gasteiger partial charge in [0.1, 0.15) is 12.2 Å². The zero-order valence-electron chi connectivity index (χ0n) is 7.89. The van der Waals surface area contributed by atoms with Gasteiger partial charge in [0, 0.05) is 0 Å². The quantitative estimate of drug-likeness (QED) is 0.246. The zero-order valence-corrected chi connectivity index (χ0v) is 8.60. The van der Waals surface area contributed by atoms with Gasteiger partial charge in [-0.25, -0.2) is 0 Å². The zero-order chi connectivity index (χ0) is 12.1. The highest BCUT2D eigenvalue weighted by Gasteiger charge is 2.30. The Balaban J connectivity index is 4.50. The maximum atomic E-state index is 10.4. The Hall–Kier alpha value is 0.0800. The predicted octanol–water partition coefficient (Wildman–Crippen LogP) is -2.51. The number of hydrogen-bond donors (Lipinski definition) is 5. The summed E-state index contributed by atoms with van der Waals surface area (Å²) in [5, 5.41) is 26.7. The third kappa shape index (κ3) is 5.08. The van der Waals surface area contributed by atoms with E-state index < -0.39 is 31.6 Å². The first-order valence-electron chi connectivity index (χ1n) is 3.87. The molecule has 5 N–H and O–H groups in total. The van der Waals surface area contributed by atoms with E-state index in [9.17, 15) is 9.90 Å². The molecule has 0 bridgehead atoms. The summed E-state index contributed by atoms with van der Waals surface area (Å²) in [6.45, 7) is -4.73. The van der Waals surface area contributed by atoms with Crippen molar-refractivity contribution in [2.45, 2.75) is 18.3 Å². The number of aliphatic hydroxyl groups is 3. The van der Waals surface area contributed by atoms with E-state index in [1.165, 1.54) is 0 Å². The number of carbonyl (C=O) groups is 1. The van der Waals surface area contributed by atoms with Gasteiger partial charge in [0.2, 0.25) is 1.43 Å². The lowest BCUT2D eigenvalue weighted by Crippen LogP contribution is -2.41. The molecule has 0 heterocycles. The molecule has 0 aliphatic rings. The molecule has 0 saturated heterocycles. The van der Waals surface area contributed by atoms with Gasteiger partial charge in [0.25, 0.3) is 0 Å². The van der Waals surface area contributed by atoms with E-state index in [-0.39, 0.29) is 6.29 Å². The summed E-state index contributed by atoms with van der Waals surface area (Å²) in [5.74, 6) is 0. The molecule has 84 valence electrons. The summed E-state index contributed by atoms with van der Waals surface area (Å²) in [6.07, 6.45) is -4.99. The van der Waals surface area contributed by atoms with Crippen LogP contribution in [-0.4, -0.2) is 57.7 Å². The monoisotopic (exact) mass is 247 g/mol. The van der Waals surface area contributed by atoms with Crippen LogP contribution in [0, 0.1) is 0 Å². The second-order valence-corrected chi connectivity index (χ2v) is 4.95. The summed E-state index contributed by atoms with van der Waals surface area (Å²) < 4.78 is 10.7. The summed E-state index contributed by atoms with van der Waals surface area (Å²) in [6, 6.07) is 0. The fourth-order valence-electron chi connectivity index (χ4n) is 0.648. The highest BCUT2D eigenvalue weighted by atomic mass is 32.5. The summed E-state index contributed by atoms with van der Waals surface area (Å²) in [5.41, 5.74) is 0. The Morgan fingerprint density at radius 2 is 2.21 bits per heavy atom. The molecular weight excluding hydrogens is 235 g/mol. The number of aliphatic hydroxyl groups excluding tert-OH is 3. The highest BCUT2D eigenvalue weighted by Crippen LogP contribution is 2.38. The van der Waals surface area contributed by atoms with Gasteiger partial charge in [-0.05, 0) is 11.8 Å². The van der Waals surface area contributed by atoms with Crippen LogP contribution >= 0.6 is 6.72 Å². The van der Waals surface area contributed by atoms with E-state index in [1.807, 2.05) is 0 Å². The topological polar surface area (TPSA) is 127 Å². The van der Waals surface area contributed by atoms with Gasteiger partial charge < -0.3 is 29.9 Å². The number of aldehydes is 1. The summed E-state index contributed by atoms with van der Waals surface area (Å²) in [4.78, 5) is 23.1. The molecule has 0 aliphatic carbocycles. The molecule has 9 heteroatoms. The van der Waals surface area contributed by atoms with Gasteiger partial charge >= 0.3 is 6.72 Å². The van der Waals surface area contributed by atoms with E-state index in [0.29, 0.717) is 0 Å². The molecule has 7 nitrogen and oxygen atoms in total. The molecule has 0 spiro atoms. The molecule has 0 amide bonds. The Bertz CT molecular complexity index is 252. The average molecular weight is 247 g/mol. The first kappa shape index (κ1) is 12.2. The van der Waals surface area contributed by atoms with Crippen LogP contribution in [0.3, 0.4) is 0 Å². The predicted molar refractivity (Wildman–Crippen MR) is 48.8 cm³/mol. The van der Waals surface area contributed by atoms with Crippen LogP contribution in [0.1, 0.15) is 0 Å². The maximum Gasteiger partial charge on any atom is 0.322 e. The molecule has 0 aromatic heterocycles. The third-order valence-electron chi connectivity index (χ3n) is 1.31. The van der Waals surface area contributed by atoms with Crippen molar-refractivity contribution in [2.75, 3.05) is 6.61 Å². The van der Waals surface area contributed by atoms with Crippen molar-refractivity contribution in [3.05, 3.63) is 0 Å². The van der Waals surface area contributed by atoms with Crippen molar-refractivity contribution >= 4 is 24.8 Å². The first-order chi connectivity index (χ1) is 6.87. The van der Waals surface area contributed by atoms with Gasteiger partial charge in [-0.15, -0.1) is 0 Å². The van der Waals surface area contributed by atoms with E-state index in [2.05, 4.69) is 21.2 Å². The van der Waals surface area contributed by atoms with Crippen LogP contribution in [-0.2, 0) is 21.1 Å². The Morgan fingerprint density at radius 1 is 1.64 bits per heavy atom. The van der Waals surface area contributed by atoms with Crippen molar-refractivity contribution in [3.63, 3.8) is 0 Å². The van der Waals surface area contributed by atoms with E-state index in [1.54, 1.807) is 0 Å². The molecular formula is C5H11O7PS. The number of carbonyl (C=O) groups excluding carboxylic acids is 1. The highest BCUT2D eigenvalue weighted by molar-refractivity contribution is 8.06. The van der Waals surface area contributed by atoms with Crippen LogP contribution in [0.2, 0.25) is 0 Å². The van der Waals surface area contributed by atoms with Crippen LogP contribution in [0.5, 0.6) is 0 Å². The number of rotatable bonds is 7. The van der Waals surface area contributed by atoms with Gasteiger partial charge in [-0.3, -0.25) is 4.52 Å². The molecule has 0 rings (SSSR count). The molecule has 0 fully saturated rings. The SMILES string of the molecule is [2H]OP(O)(=S)O[C@@H](C=O)[C@H](O)[C@H](O)CO. The fourth-order valence-corrected chi connectivity index (χ4v) is 1.43. The summed E-state index contributed by atoms with van der Waals surface area (Å²) in [7, 11) is 0. The van der Waals surface area contributed by atoms with Crippen molar-refractivity contribution in [1.82, 2.24) is 0 Å². The second kappa shape index (κ2) is 5.84. The van der Waals surface area contributed by atoms with Crippen LogP contribution < -0.4 is 0 Å². The lowest BCUT2D eigenvalue weighted by atomic mass is 10.1. The van der Waals surface area contributed by atoms with Gasteiger partial charge in [-0.1, -0.05) is 0 Å². The first-order valence-corrected chi connectivity index (χ1v) is 6.05. The lowest BCUT2D eigenvalue weighted by molar-refractivity contribution is -0.125. The van der Waals surface area contributed by atoms with E-state index in [0.717, 1.165) is 0 Å². The standard InChI is InChI=1S/C5H11O7PS/c6-1-3(8)5(9)4(2-7)12-13(10,11)14/h2-6,8-9H,1H2,(H2,10,11,14)/t3-,4+,5-/m1/s1/i/hD. The number of hydrogen-bond acceptors (Lipinski definition) is 7. The lowest BCUT2D eigenvalue weighted by Gasteiger charge is -2.22. The summed E-state index contributed by atoms with van der Waals surface area (Å²) >= 11 is 4.25. The Morgan fingerprint density at radius 3 is 2.57 bits per heavy atom. The Labute approximate surface area is 86.3 Å². The minimum atomic E-state index is -3.93. The molecule has 4 atom stereocenters. The van der Waals surface area contributed by atoms with Gasteiger partial charge in [0.15, 0.2) is 12.4 Å². The normalized spacial score (nSPS) is 23.0. The average Bonchev–Trinajstić information content (AvgIpc) is 2.23. The smallest absolute Gasteiger partial charge is 0.322 e. The van der Waals surface area contributed by atoms with Gasteiger partial charge in [-0.2, -0.15) is 0 Å². The second-order valence-electron chi connectivity index (χ2n) is 2.42. The van der Waals surface area contributed by atoms with Crippen molar-refractivity contribution in [1.29, 1.82) is 1.43 Å². The maximum absolute atomic E-state index is 10.4. The molecule has 0 aromatic rings. The van der Waals surface area contributed by atoms with E-state index in [4.69, 9.17) is 16.5 Å². The fraction of sp³-hybridized carbons (Fsp3) is 0.800. The van der Waals surface area contributed by atoms with Crippen molar-refractivity contribution < 1.29 is 34.4 Å². The Kier molecular flexibility index (Phi) is 5.07. The molecule has 0 saturated carbocycles. The molecule has 0 aromatic carbocycles. The molecule has 0 radical (unpaired) electrons. The van der Waals surface area contributed by atoms with Crippen LogP contribution in [0.25, 0.3) is 0 Å². The van der Waals surface area contributed by atoms with E-state index >= 15 is 0 Å². The molecule has 14 heavy (non-hydrogen) atoms.